The summed E-state index contributed by atoms with van der Waals surface area (Å²) in [7, 11) is 0. The van der Waals surface area contributed by atoms with E-state index in [9.17, 15) is 0 Å². The zero-order valence-corrected chi connectivity index (χ0v) is 7.48. The Hall–Kier alpha value is -1.27. The van der Waals surface area contributed by atoms with E-state index in [1.807, 2.05) is 0 Å². The molecule has 0 aliphatic heterocycles. The van der Waals surface area contributed by atoms with E-state index in [0.29, 0.717) is 24.6 Å². The number of hydrogen-bond donors (Lipinski definition) is 4. The largest absolute Gasteiger partial charge is 0.394 e. The maximum absolute atomic E-state index is 5.76. The highest BCUT2D eigenvalue weighted by Gasteiger charge is 2.07. The number of hydrogen-bond acceptors (Lipinski definition) is 5. The summed E-state index contributed by atoms with van der Waals surface area (Å²) in [5.41, 5.74) is 22.8. The molecule has 0 aromatic carbocycles. The van der Waals surface area contributed by atoms with Crippen LogP contribution < -0.4 is 22.9 Å². The van der Waals surface area contributed by atoms with Crippen molar-refractivity contribution in [1.82, 2.24) is 9.78 Å². The highest BCUT2D eigenvalue weighted by atomic mass is 15.3. The van der Waals surface area contributed by atoms with E-state index in [0.717, 1.165) is 6.42 Å². The van der Waals surface area contributed by atoms with Crippen LogP contribution in [0.4, 0.5) is 11.5 Å². The minimum Gasteiger partial charge on any atom is -0.394 e. The molecule has 0 saturated carbocycles. The van der Waals surface area contributed by atoms with Gasteiger partial charge in [-0.15, -0.1) is 0 Å². The zero-order valence-electron chi connectivity index (χ0n) is 7.48. The fourth-order valence-corrected chi connectivity index (χ4v) is 1.08. The van der Waals surface area contributed by atoms with Gasteiger partial charge in [0, 0.05) is 6.04 Å². The summed E-state index contributed by atoms with van der Waals surface area (Å²) < 4.78 is 1.59. The number of rotatable bonds is 4. The molecule has 0 spiro atoms. The predicted octanol–water partition coefficient (Wildman–Crippen LogP) is -1.28. The molecule has 0 saturated heterocycles. The predicted molar refractivity (Wildman–Crippen MR) is 52.7 cm³/mol. The smallest absolute Gasteiger partial charge is 0.145 e. The molecule has 6 nitrogen and oxygen atoms in total. The summed E-state index contributed by atoms with van der Waals surface area (Å²) in [4.78, 5) is 0. The van der Waals surface area contributed by atoms with E-state index in [4.69, 9.17) is 22.9 Å². The summed E-state index contributed by atoms with van der Waals surface area (Å²) in [5.74, 6) is 0.465. The Balaban J connectivity index is 2.58. The highest BCUT2D eigenvalue weighted by Crippen LogP contribution is 2.12. The first-order valence-corrected chi connectivity index (χ1v) is 4.17. The Morgan fingerprint density at radius 2 is 2.15 bits per heavy atom. The minimum atomic E-state index is -0.0217. The summed E-state index contributed by atoms with van der Waals surface area (Å²) in [6.45, 7) is 1.12. The van der Waals surface area contributed by atoms with Crippen LogP contribution in [0.5, 0.6) is 0 Å². The topological polar surface area (TPSA) is 122 Å². The van der Waals surface area contributed by atoms with Gasteiger partial charge in [0.1, 0.15) is 5.82 Å². The molecule has 1 rings (SSSR count). The number of anilines is 2. The van der Waals surface area contributed by atoms with Crippen LogP contribution >= 0.6 is 0 Å². The molecule has 1 aromatic heterocycles. The number of aromatic nitrogens is 2. The van der Waals surface area contributed by atoms with Crippen molar-refractivity contribution in [1.29, 1.82) is 0 Å². The molecule has 8 N–H and O–H groups in total. The maximum atomic E-state index is 5.76. The SMILES string of the molecule is NCCC(N)Cn1ncc(N)c1N. The Morgan fingerprint density at radius 3 is 2.62 bits per heavy atom. The molecule has 0 fully saturated rings. The van der Waals surface area contributed by atoms with Crippen molar-refractivity contribution in [2.24, 2.45) is 11.5 Å². The van der Waals surface area contributed by atoms with Gasteiger partial charge in [0.25, 0.3) is 0 Å². The lowest BCUT2D eigenvalue weighted by molar-refractivity contribution is 0.495. The standard InChI is InChI=1S/C7H16N6/c8-2-1-5(9)4-13-7(11)6(10)3-12-13/h3,5H,1-2,4,8-11H2. The molecule has 1 heterocycles. The second-order valence-electron chi connectivity index (χ2n) is 3.00. The second-order valence-corrected chi connectivity index (χ2v) is 3.00. The third kappa shape index (κ3) is 2.33. The molecule has 0 bridgehead atoms. The van der Waals surface area contributed by atoms with E-state index in [2.05, 4.69) is 5.10 Å². The Labute approximate surface area is 76.9 Å². The average Bonchev–Trinajstić information content (AvgIpc) is 2.37. The molecule has 74 valence electrons. The highest BCUT2D eigenvalue weighted by molar-refractivity contribution is 5.56. The van der Waals surface area contributed by atoms with Crippen LogP contribution in [0.25, 0.3) is 0 Å². The molecule has 6 heteroatoms. The first kappa shape index (κ1) is 9.82. The Kier molecular flexibility index (Phi) is 3.10. The van der Waals surface area contributed by atoms with Crippen molar-refractivity contribution in [2.75, 3.05) is 18.0 Å². The quantitative estimate of drug-likeness (QED) is 0.464. The normalized spacial score (nSPS) is 13.1. The number of nitrogens with zero attached hydrogens (tertiary/aromatic N) is 2. The van der Waals surface area contributed by atoms with Gasteiger partial charge in [0.05, 0.1) is 18.4 Å². The second kappa shape index (κ2) is 4.11. The third-order valence-corrected chi connectivity index (χ3v) is 1.85. The van der Waals surface area contributed by atoms with Crippen LogP contribution in [0, 0.1) is 0 Å². The summed E-state index contributed by atoms with van der Waals surface area (Å²) in [5, 5.41) is 3.98. The monoisotopic (exact) mass is 184 g/mol. The first-order chi connectivity index (χ1) is 6.15. The van der Waals surface area contributed by atoms with Gasteiger partial charge in [-0.25, -0.2) is 4.68 Å². The summed E-state index contributed by atoms with van der Waals surface area (Å²) in [6, 6.07) is -0.0217. The van der Waals surface area contributed by atoms with E-state index in [-0.39, 0.29) is 6.04 Å². The van der Waals surface area contributed by atoms with Crippen LogP contribution in [0.15, 0.2) is 6.20 Å². The Bertz CT molecular complexity index is 268. The van der Waals surface area contributed by atoms with Gasteiger partial charge in [-0.3, -0.25) is 0 Å². The van der Waals surface area contributed by atoms with Crippen molar-refractivity contribution >= 4 is 11.5 Å². The van der Waals surface area contributed by atoms with Crippen molar-refractivity contribution in [3.8, 4) is 0 Å². The van der Waals surface area contributed by atoms with E-state index in [1.54, 1.807) is 4.68 Å². The minimum absolute atomic E-state index is 0.0217. The molecule has 0 radical (unpaired) electrons. The van der Waals surface area contributed by atoms with Gasteiger partial charge in [0.2, 0.25) is 0 Å². The molecule has 13 heavy (non-hydrogen) atoms. The summed E-state index contributed by atoms with van der Waals surface area (Å²) in [6.07, 6.45) is 2.27. The van der Waals surface area contributed by atoms with E-state index >= 15 is 0 Å². The lowest BCUT2D eigenvalue weighted by Crippen LogP contribution is -2.29. The van der Waals surface area contributed by atoms with Crippen LogP contribution in [-0.4, -0.2) is 22.4 Å². The van der Waals surface area contributed by atoms with Crippen molar-refractivity contribution in [3.05, 3.63) is 6.20 Å². The van der Waals surface area contributed by atoms with Gasteiger partial charge in [-0.05, 0) is 13.0 Å². The summed E-state index contributed by atoms with van der Waals surface area (Å²) >= 11 is 0. The fourth-order valence-electron chi connectivity index (χ4n) is 1.08. The maximum Gasteiger partial charge on any atom is 0.145 e. The lowest BCUT2D eigenvalue weighted by Gasteiger charge is -2.11. The third-order valence-electron chi connectivity index (χ3n) is 1.85. The molecule has 1 aromatic rings. The fraction of sp³-hybridized carbons (Fsp3) is 0.571. The molecule has 1 unspecified atom stereocenters. The molecule has 0 amide bonds. The number of nitrogen functional groups attached to an aromatic ring is 2. The molecular weight excluding hydrogens is 168 g/mol. The van der Waals surface area contributed by atoms with Gasteiger partial charge >= 0.3 is 0 Å². The molecule has 1 atom stereocenters. The van der Waals surface area contributed by atoms with Gasteiger partial charge in [0.15, 0.2) is 0 Å². The van der Waals surface area contributed by atoms with Crippen LogP contribution in [-0.2, 0) is 6.54 Å². The van der Waals surface area contributed by atoms with E-state index < -0.39 is 0 Å². The van der Waals surface area contributed by atoms with Crippen molar-refractivity contribution in [3.63, 3.8) is 0 Å². The lowest BCUT2D eigenvalue weighted by atomic mass is 10.2. The number of nitrogens with two attached hydrogens (primary N) is 4. The molecule has 0 aliphatic rings. The average molecular weight is 184 g/mol. The first-order valence-electron chi connectivity index (χ1n) is 4.17. The van der Waals surface area contributed by atoms with Crippen LogP contribution in [0.3, 0.4) is 0 Å². The van der Waals surface area contributed by atoms with Crippen LogP contribution in [0.2, 0.25) is 0 Å². The molecular formula is C7H16N6. The molecule has 0 aliphatic carbocycles. The van der Waals surface area contributed by atoms with Gasteiger partial charge in [-0.1, -0.05) is 0 Å². The Morgan fingerprint density at radius 1 is 1.46 bits per heavy atom. The van der Waals surface area contributed by atoms with Gasteiger partial charge < -0.3 is 22.9 Å². The van der Waals surface area contributed by atoms with Gasteiger partial charge in [-0.2, -0.15) is 5.10 Å². The van der Waals surface area contributed by atoms with Crippen molar-refractivity contribution in [2.45, 2.75) is 19.0 Å². The van der Waals surface area contributed by atoms with Crippen molar-refractivity contribution < 1.29 is 0 Å². The zero-order chi connectivity index (χ0) is 9.84. The van der Waals surface area contributed by atoms with Crippen LogP contribution in [0.1, 0.15) is 6.42 Å². The van der Waals surface area contributed by atoms with E-state index in [1.165, 1.54) is 6.20 Å².